The van der Waals surface area contributed by atoms with E-state index >= 15 is 0 Å². The van der Waals surface area contributed by atoms with Crippen molar-refractivity contribution in [2.45, 2.75) is 44.3 Å². The van der Waals surface area contributed by atoms with E-state index in [-0.39, 0.29) is 17.5 Å². The van der Waals surface area contributed by atoms with E-state index in [2.05, 4.69) is 10.2 Å². The van der Waals surface area contributed by atoms with E-state index in [1.807, 2.05) is 48.5 Å². The summed E-state index contributed by atoms with van der Waals surface area (Å²) in [5, 5.41) is 17.2. The normalized spacial score (nSPS) is 14.3. The first-order chi connectivity index (χ1) is 20.0. The second-order valence-corrected chi connectivity index (χ2v) is 10.3. The molecule has 1 aromatic heterocycles. The molecule has 2 N–H and O–H groups in total. The number of piperidine rings is 1. The number of carbonyl (C=O) groups is 2. The highest BCUT2D eigenvalue weighted by Gasteiger charge is 2.38. The topological polar surface area (TPSA) is 114 Å². The van der Waals surface area contributed by atoms with Crippen molar-refractivity contribution < 1.29 is 32.6 Å². The van der Waals surface area contributed by atoms with Crippen molar-refractivity contribution in [3.05, 3.63) is 75.2 Å². The number of aromatic nitrogens is 2. The van der Waals surface area contributed by atoms with Crippen LogP contribution in [0.5, 0.6) is 0 Å². The molecular weight excluding hydrogens is 577 g/mol. The fourth-order valence-corrected chi connectivity index (χ4v) is 4.75. The Morgan fingerprint density at radius 1 is 1.10 bits per heavy atom. The number of hydrogen-bond donors (Lipinski definition) is 2. The lowest BCUT2D eigenvalue weighted by Crippen LogP contribution is -2.40. The van der Waals surface area contributed by atoms with Crippen LogP contribution in [0.1, 0.15) is 43.0 Å². The summed E-state index contributed by atoms with van der Waals surface area (Å²) < 4.78 is 38.4. The number of rotatable bonds is 10. The molecule has 42 heavy (non-hydrogen) atoms. The van der Waals surface area contributed by atoms with Crippen LogP contribution in [-0.4, -0.2) is 77.7 Å². The Morgan fingerprint density at radius 3 is 2.31 bits per heavy atom. The third-order valence-corrected chi connectivity index (χ3v) is 7.09. The number of amides is 1. The first kappa shape index (κ1) is 33.0. The van der Waals surface area contributed by atoms with Gasteiger partial charge in [-0.05, 0) is 43.0 Å². The molecule has 9 nitrogen and oxygen atoms in total. The van der Waals surface area contributed by atoms with Gasteiger partial charge >= 0.3 is 12.1 Å². The van der Waals surface area contributed by atoms with Gasteiger partial charge in [-0.2, -0.15) is 18.3 Å². The highest BCUT2D eigenvalue weighted by Crippen LogP contribution is 2.24. The summed E-state index contributed by atoms with van der Waals surface area (Å²) in [6.07, 6.45) is -1.48. The van der Waals surface area contributed by atoms with Gasteiger partial charge < -0.3 is 20.1 Å². The minimum atomic E-state index is -5.08. The van der Waals surface area contributed by atoms with Crippen LogP contribution in [0.25, 0.3) is 10.8 Å². The second kappa shape index (κ2) is 15.7. The zero-order valence-corrected chi connectivity index (χ0v) is 24.0. The van der Waals surface area contributed by atoms with Crippen molar-refractivity contribution in [2.75, 3.05) is 39.9 Å². The smallest absolute Gasteiger partial charge is 0.475 e. The molecule has 4 rings (SSSR count). The van der Waals surface area contributed by atoms with E-state index in [1.165, 1.54) is 0 Å². The van der Waals surface area contributed by atoms with Crippen LogP contribution in [0.4, 0.5) is 13.2 Å². The summed E-state index contributed by atoms with van der Waals surface area (Å²) in [6.45, 7) is 3.70. The van der Waals surface area contributed by atoms with Gasteiger partial charge in [-0.3, -0.25) is 9.59 Å². The number of carboxylic acid groups (broad SMARTS) is 1. The number of aliphatic carboxylic acids is 1. The molecule has 1 amide bonds. The SMILES string of the molecule is COCCCNC(=O)CCN1CCC(n2nc(Cc3ccc(Cl)cc3)c3ccccc3c2=O)CC1.O=C(O)C(F)(F)F. The van der Waals surface area contributed by atoms with E-state index < -0.39 is 12.1 Å². The first-order valence-electron chi connectivity index (χ1n) is 13.5. The van der Waals surface area contributed by atoms with Gasteiger partial charge in [0, 0.05) is 63.1 Å². The predicted octanol–water partition coefficient (Wildman–Crippen LogP) is 4.45. The number of nitrogens with zero attached hydrogens (tertiary/aromatic N) is 3. The quantitative estimate of drug-likeness (QED) is 0.326. The number of alkyl halides is 3. The Labute approximate surface area is 246 Å². The third-order valence-electron chi connectivity index (χ3n) is 6.84. The van der Waals surface area contributed by atoms with Crippen molar-refractivity contribution in [3.63, 3.8) is 0 Å². The lowest BCUT2D eigenvalue weighted by Gasteiger charge is -2.32. The minimum absolute atomic E-state index is 0.0330. The summed E-state index contributed by atoms with van der Waals surface area (Å²) in [5.41, 5.74) is 1.97. The van der Waals surface area contributed by atoms with Crippen molar-refractivity contribution in [1.29, 1.82) is 0 Å². The van der Waals surface area contributed by atoms with Gasteiger partial charge in [0.2, 0.25) is 5.91 Å². The van der Waals surface area contributed by atoms with Gasteiger partial charge in [0.1, 0.15) is 0 Å². The fraction of sp³-hybridized carbons (Fsp3) is 0.448. The van der Waals surface area contributed by atoms with Crippen LogP contribution in [-0.2, 0) is 20.7 Å². The standard InChI is InChI=1S/C27H33ClN4O3.C2HF3O2/c1-35-18-4-14-29-26(33)13-17-31-15-11-22(12-16-31)32-27(34)24-6-3-2-5-23(24)25(30-32)19-20-7-9-21(28)10-8-20;3-2(4,5)1(6)7/h2-3,5-10,22H,4,11-19H2,1H3,(H,29,33);(H,6,7). The van der Waals surface area contributed by atoms with E-state index in [1.54, 1.807) is 11.8 Å². The van der Waals surface area contributed by atoms with Crippen molar-refractivity contribution in [2.24, 2.45) is 0 Å². The molecule has 1 fully saturated rings. The largest absolute Gasteiger partial charge is 0.490 e. The van der Waals surface area contributed by atoms with Crippen molar-refractivity contribution >= 4 is 34.2 Å². The van der Waals surface area contributed by atoms with E-state index in [4.69, 9.17) is 31.3 Å². The molecule has 0 spiro atoms. The third kappa shape index (κ3) is 9.81. The Balaban J connectivity index is 0.000000616. The van der Waals surface area contributed by atoms with E-state index in [0.29, 0.717) is 36.4 Å². The zero-order valence-electron chi connectivity index (χ0n) is 23.2. The molecular formula is C29H34ClF3N4O5. The molecule has 1 aliphatic heterocycles. The maximum atomic E-state index is 13.3. The number of carboxylic acids is 1. The zero-order chi connectivity index (χ0) is 30.7. The van der Waals surface area contributed by atoms with Gasteiger partial charge in [-0.1, -0.05) is 41.9 Å². The van der Waals surface area contributed by atoms with Crippen LogP contribution in [0, 0.1) is 0 Å². The summed E-state index contributed by atoms with van der Waals surface area (Å²) in [5.74, 6) is -2.69. The molecule has 0 bridgehead atoms. The number of likely N-dealkylation sites (tertiary alicyclic amines) is 1. The number of halogens is 4. The molecule has 0 radical (unpaired) electrons. The average molecular weight is 611 g/mol. The summed E-state index contributed by atoms with van der Waals surface area (Å²) in [6, 6.07) is 15.5. The number of hydrogen-bond acceptors (Lipinski definition) is 6. The number of carbonyl (C=O) groups excluding carboxylic acids is 1. The van der Waals surface area contributed by atoms with Crippen molar-refractivity contribution in [1.82, 2.24) is 20.0 Å². The molecule has 0 atom stereocenters. The van der Waals surface area contributed by atoms with Gasteiger partial charge in [0.05, 0.1) is 17.1 Å². The highest BCUT2D eigenvalue weighted by atomic mass is 35.5. The highest BCUT2D eigenvalue weighted by molar-refractivity contribution is 6.30. The molecule has 0 saturated carbocycles. The Hall–Kier alpha value is -3.48. The molecule has 1 saturated heterocycles. The Morgan fingerprint density at radius 2 is 1.71 bits per heavy atom. The van der Waals surface area contributed by atoms with E-state index in [9.17, 15) is 22.8 Å². The van der Waals surface area contributed by atoms with Crippen LogP contribution in [0.3, 0.4) is 0 Å². The van der Waals surface area contributed by atoms with Crippen LogP contribution in [0.15, 0.2) is 53.3 Å². The van der Waals surface area contributed by atoms with Gasteiger partial charge in [-0.15, -0.1) is 0 Å². The fourth-order valence-electron chi connectivity index (χ4n) is 4.63. The van der Waals surface area contributed by atoms with Gasteiger partial charge in [0.15, 0.2) is 0 Å². The van der Waals surface area contributed by atoms with Gasteiger partial charge in [0.25, 0.3) is 5.56 Å². The predicted molar refractivity (Wildman–Crippen MR) is 153 cm³/mol. The molecule has 2 aromatic carbocycles. The monoisotopic (exact) mass is 610 g/mol. The summed E-state index contributed by atoms with van der Waals surface area (Å²) >= 11 is 6.05. The lowest BCUT2D eigenvalue weighted by molar-refractivity contribution is -0.192. The maximum Gasteiger partial charge on any atom is 0.490 e. The van der Waals surface area contributed by atoms with Crippen LogP contribution < -0.4 is 10.9 Å². The number of fused-ring (bicyclic) bond motifs is 1. The van der Waals surface area contributed by atoms with E-state index in [0.717, 1.165) is 55.5 Å². The van der Waals surface area contributed by atoms with Crippen LogP contribution >= 0.6 is 11.6 Å². The second-order valence-electron chi connectivity index (χ2n) is 9.87. The Kier molecular flexibility index (Phi) is 12.3. The number of methoxy groups -OCH3 is 1. The molecule has 2 heterocycles. The number of benzene rings is 2. The summed E-state index contributed by atoms with van der Waals surface area (Å²) in [4.78, 5) is 36.6. The molecule has 1 aliphatic rings. The summed E-state index contributed by atoms with van der Waals surface area (Å²) in [7, 11) is 1.66. The molecule has 3 aromatic rings. The molecule has 228 valence electrons. The van der Waals surface area contributed by atoms with Crippen LogP contribution in [0.2, 0.25) is 5.02 Å². The number of nitrogens with one attached hydrogen (secondary N) is 1. The average Bonchev–Trinajstić information content (AvgIpc) is 2.97. The van der Waals surface area contributed by atoms with Crippen molar-refractivity contribution in [3.8, 4) is 0 Å². The molecule has 0 aliphatic carbocycles. The lowest BCUT2D eigenvalue weighted by atomic mass is 10.0. The molecule has 0 unspecified atom stereocenters. The minimum Gasteiger partial charge on any atom is -0.475 e. The maximum absolute atomic E-state index is 13.3. The van der Waals surface area contributed by atoms with Gasteiger partial charge in [-0.25, -0.2) is 9.48 Å². The molecule has 13 heteroatoms. The first-order valence-corrected chi connectivity index (χ1v) is 13.9. The Bertz CT molecular complexity index is 1390. The number of ether oxygens (including phenoxy) is 1.